The monoisotopic (exact) mass is 427 g/mol. The van der Waals surface area contributed by atoms with Gasteiger partial charge in [-0.05, 0) is 62.9 Å². The van der Waals surface area contributed by atoms with Crippen molar-refractivity contribution >= 4 is 34.0 Å². The van der Waals surface area contributed by atoms with Crippen molar-refractivity contribution < 1.29 is 17.9 Å². The van der Waals surface area contributed by atoms with Gasteiger partial charge in [0.05, 0.1) is 12.0 Å². The summed E-state index contributed by atoms with van der Waals surface area (Å²) in [5, 5.41) is 5.80. The molecule has 28 heavy (non-hydrogen) atoms. The van der Waals surface area contributed by atoms with Crippen LogP contribution in [0.2, 0.25) is 0 Å². The lowest BCUT2D eigenvalue weighted by Crippen LogP contribution is -2.37. The maximum Gasteiger partial charge on any atom is 0.262 e. The van der Waals surface area contributed by atoms with E-state index in [1.165, 1.54) is 13.2 Å². The van der Waals surface area contributed by atoms with Crippen molar-refractivity contribution in [3.8, 4) is 5.75 Å². The zero-order valence-electron chi connectivity index (χ0n) is 16.3. The third kappa shape index (κ3) is 6.12. The predicted molar refractivity (Wildman–Crippen MR) is 113 cm³/mol. The quantitative estimate of drug-likeness (QED) is 0.601. The van der Waals surface area contributed by atoms with Crippen molar-refractivity contribution in [1.29, 1.82) is 0 Å². The van der Waals surface area contributed by atoms with Gasteiger partial charge in [-0.2, -0.15) is 0 Å². The fraction of sp³-hybridized carbons (Fsp3) is 0.316. The Morgan fingerprint density at radius 2 is 1.79 bits per heavy atom. The smallest absolute Gasteiger partial charge is 0.262 e. The van der Waals surface area contributed by atoms with E-state index in [1.54, 1.807) is 50.4 Å². The van der Waals surface area contributed by atoms with Crippen LogP contribution in [0.15, 0.2) is 47.4 Å². The van der Waals surface area contributed by atoms with Crippen LogP contribution in [0.5, 0.6) is 5.75 Å². The average Bonchev–Trinajstić information content (AvgIpc) is 2.66. The molecule has 0 radical (unpaired) electrons. The van der Waals surface area contributed by atoms with Crippen molar-refractivity contribution in [3.05, 3.63) is 53.6 Å². The zero-order valence-corrected chi connectivity index (χ0v) is 17.9. The standard InChI is InChI=1S/C19H25N3O4S.ClH/c1-13-5-6-15(19(23)21-12-14(2)20-3)11-18(13)27(24,25)22-16-7-9-17(26-4)10-8-16;/h5-11,14,20,22H,12H2,1-4H3,(H,21,23);1H. The molecule has 0 saturated carbocycles. The van der Waals surface area contributed by atoms with E-state index in [9.17, 15) is 13.2 Å². The van der Waals surface area contributed by atoms with Gasteiger partial charge in [0.25, 0.3) is 15.9 Å². The molecule has 7 nitrogen and oxygen atoms in total. The number of hydrogen-bond donors (Lipinski definition) is 3. The molecule has 1 unspecified atom stereocenters. The number of halogens is 1. The largest absolute Gasteiger partial charge is 0.497 e. The number of rotatable bonds is 8. The van der Waals surface area contributed by atoms with E-state index in [4.69, 9.17) is 4.74 Å². The molecule has 0 saturated heterocycles. The van der Waals surface area contributed by atoms with Crippen molar-refractivity contribution in [2.75, 3.05) is 25.4 Å². The molecule has 2 aromatic rings. The zero-order chi connectivity index (χ0) is 20.0. The highest BCUT2D eigenvalue weighted by atomic mass is 35.5. The van der Waals surface area contributed by atoms with Crippen LogP contribution in [0.1, 0.15) is 22.8 Å². The third-order valence-corrected chi connectivity index (χ3v) is 5.67. The molecule has 0 spiro atoms. The van der Waals surface area contributed by atoms with E-state index in [0.29, 0.717) is 29.1 Å². The van der Waals surface area contributed by atoms with Gasteiger partial charge in [-0.15, -0.1) is 12.4 Å². The van der Waals surface area contributed by atoms with Gasteiger partial charge in [0.1, 0.15) is 5.75 Å². The highest BCUT2D eigenvalue weighted by Crippen LogP contribution is 2.22. The second kappa shape index (κ2) is 10.3. The molecule has 154 valence electrons. The summed E-state index contributed by atoms with van der Waals surface area (Å²) < 4.78 is 33.2. The van der Waals surface area contributed by atoms with Gasteiger partial charge < -0.3 is 15.4 Å². The molecule has 2 aromatic carbocycles. The number of ether oxygens (including phenoxy) is 1. The Kier molecular flexibility index (Phi) is 8.74. The summed E-state index contributed by atoms with van der Waals surface area (Å²) in [6.45, 7) is 4.06. The van der Waals surface area contributed by atoms with Gasteiger partial charge in [-0.1, -0.05) is 6.07 Å². The molecular weight excluding hydrogens is 402 g/mol. The van der Waals surface area contributed by atoms with Gasteiger partial charge >= 0.3 is 0 Å². The predicted octanol–water partition coefficient (Wildman–Crippen LogP) is 2.56. The first-order valence-electron chi connectivity index (χ1n) is 8.50. The lowest BCUT2D eigenvalue weighted by Gasteiger charge is -2.14. The summed E-state index contributed by atoms with van der Waals surface area (Å²) in [6.07, 6.45) is 0. The molecule has 0 heterocycles. The van der Waals surface area contributed by atoms with Gasteiger partial charge in [-0.3, -0.25) is 9.52 Å². The topological polar surface area (TPSA) is 96.5 Å². The van der Waals surface area contributed by atoms with Crippen molar-refractivity contribution in [2.24, 2.45) is 0 Å². The minimum atomic E-state index is -3.84. The lowest BCUT2D eigenvalue weighted by molar-refractivity contribution is 0.0950. The summed E-state index contributed by atoms with van der Waals surface area (Å²) in [6, 6.07) is 11.3. The minimum Gasteiger partial charge on any atom is -0.497 e. The second-order valence-electron chi connectivity index (χ2n) is 6.21. The van der Waals surface area contributed by atoms with E-state index in [0.717, 1.165) is 0 Å². The highest BCUT2D eigenvalue weighted by Gasteiger charge is 2.19. The van der Waals surface area contributed by atoms with Crippen LogP contribution in [0.3, 0.4) is 0 Å². The van der Waals surface area contributed by atoms with Gasteiger partial charge in [0, 0.05) is 23.8 Å². The number of likely N-dealkylation sites (N-methyl/N-ethyl adjacent to an activating group) is 1. The number of anilines is 1. The fourth-order valence-electron chi connectivity index (χ4n) is 2.35. The summed E-state index contributed by atoms with van der Waals surface area (Å²) in [7, 11) is -0.497. The van der Waals surface area contributed by atoms with Crippen LogP contribution in [0.4, 0.5) is 5.69 Å². The van der Waals surface area contributed by atoms with Crippen molar-refractivity contribution in [3.63, 3.8) is 0 Å². The van der Waals surface area contributed by atoms with Crippen LogP contribution in [-0.4, -0.2) is 41.1 Å². The molecule has 1 amide bonds. The SMILES string of the molecule is CNC(C)CNC(=O)c1ccc(C)c(S(=O)(=O)Nc2ccc(OC)cc2)c1.Cl. The molecular formula is C19H26ClN3O4S. The third-order valence-electron chi connectivity index (χ3n) is 4.14. The number of aryl methyl sites for hydroxylation is 1. The first-order valence-corrected chi connectivity index (χ1v) is 9.98. The maximum atomic E-state index is 12.8. The molecule has 2 rings (SSSR count). The van der Waals surface area contributed by atoms with Crippen molar-refractivity contribution in [1.82, 2.24) is 10.6 Å². The number of sulfonamides is 1. The molecule has 0 aromatic heterocycles. The highest BCUT2D eigenvalue weighted by molar-refractivity contribution is 7.92. The normalized spacial score (nSPS) is 11.9. The molecule has 0 aliphatic heterocycles. The minimum absolute atomic E-state index is 0. The van der Waals surface area contributed by atoms with E-state index in [2.05, 4.69) is 15.4 Å². The van der Waals surface area contributed by atoms with Crippen LogP contribution in [0.25, 0.3) is 0 Å². The summed E-state index contributed by atoms with van der Waals surface area (Å²) in [5.74, 6) is 0.307. The van der Waals surface area contributed by atoms with Crippen LogP contribution < -0.4 is 20.1 Å². The summed E-state index contributed by atoms with van der Waals surface area (Å²) in [5.41, 5.74) is 1.25. The van der Waals surface area contributed by atoms with Crippen LogP contribution in [0, 0.1) is 6.92 Å². The van der Waals surface area contributed by atoms with E-state index < -0.39 is 10.0 Å². The number of carbonyl (C=O) groups excluding carboxylic acids is 1. The van der Waals surface area contributed by atoms with E-state index in [-0.39, 0.29) is 29.3 Å². The number of amides is 1. The first-order chi connectivity index (χ1) is 12.8. The van der Waals surface area contributed by atoms with E-state index >= 15 is 0 Å². The molecule has 0 bridgehead atoms. The number of nitrogens with one attached hydrogen (secondary N) is 3. The van der Waals surface area contributed by atoms with E-state index in [1.807, 2.05) is 6.92 Å². The van der Waals surface area contributed by atoms with Gasteiger partial charge in [0.2, 0.25) is 0 Å². The molecule has 0 fully saturated rings. The number of benzene rings is 2. The Morgan fingerprint density at radius 3 is 2.36 bits per heavy atom. The van der Waals surface area contributed by atoms with Crippen LogP contribution in [-0.2, 0) is 10.0 Å². The molecule has 1 atom stereocenters. The van der Waals surface area contributed by atoms with Crippen LogP contribution >= 0.6 is 12.4 Å². The van der Waals surface area contributed by atoms with Crippen molar-refractivity contribution in [2.45, 2.75) is 24.8 Å². The number of methoxy groups -OCH3 is 1. The van der Waals surface area contributed by atoms with Gasteiger partial charge in [-0.25, -0.2) is 8.42 Å². The first kappa shape index (κ1) is 23.7. The Hall–Kier alpha value is -2.29. The molecule has 0 aliphatic carbocycles. The molecule has 0 aliphatic rings. The number of hydrogen-bond acceptors (Lipinski definition) is 5. The number of carbonyl (C=O) groups is 1. The molecule has 9 heteroatoms. The maximum absolute atomic E-state index is 12.8. The summed E-state index contributed by atoms with van der Waals surface area (Å²) >= 11 is 0. The lowest BCUT2D eigenvalue weighted by atomic mass is 10.1. The summed E-state index contributed by atoms with van der Waals surface area (Å²) in [4.78, 5) is 12.4. The Labute approximate surface area is 172 Å². The average molecular weight is 428 g/mol. The second-order valence-corrected chi connectivity index (χ2v) is 7.86. The Morgan fingerprint density at radius 1 is 1.14 bits per heavy atom. The van der Waals surface area contributed by atoms with Gasteiger partial charge in [0.15, 0.2) is 0 Å². The molecule has 3 N–H and O–H groups in total. The Bertz CT molecular complexity index is 902. The Balaban J connectivity index is 0.00000392. The fourth-order valence-corrected chi connectivity index (χ4v) is 3.68.